The summed E-state index contributed by atoms with van der Waals surface area (Å²) in [6.45, 7) is 0. The number of benzene rings is 1. The van der Waals surface area contributed by atoms with Gasteiger partial charge in [-0.1, -0.05) is 27.5 Å². The Morgan fingerprint density at radius 1 is 1.41 bits per heavy atom. The molecule has 0 saturated heterocycles. The number of hydrogen-bond acceptors (Lipinski definition) is 4. The summed E-state index contributed by atoms with van der Waals surface area (Å²) in [5.41, 5.74) is 0.469. The summed E-state index contributed by atoms with van der Waals surface area (Å²) in [6, 6.07) is 5.11. The molecular formula is C10H8BrClO4S. The van der Waals surface area contributed by atoms with Crippen molar-refractivity contribution in [3.05, 3.63) is 33.5 Å². The summed E-state index contributed by atoms with van der Waals surface area (Å²) in [6.07, 6.45) is 0. The normalized spacial score (nSPS) is 12.2. The molecule has 0 amide bonds. The molecule has 0 bridgehead atoms. The van der Waals surface area contributed by atoms with Crippen LogP contribution < -0.4 is 0 Å². The average Bonchev–Trinajstić information content (AvgIpc) is 2.59. The number of fused-ring (bicyclic) bond motifs is 1. The molecule has 0 aliphatic rings. The van der Waals surface area contributed by atoms with E-state index in [-0.39, 0.29) is 5.75 Å². The van der Waals surface area contributed by atoms with E-state index in [9.17, 15) is 8.42 Å². The van der Waals surface area contributed by atoms with Gasteiger partial charge in [-0.2, -0.15) is 8.42 Å². The molecule has 0 aliphatic heterocycles. The van der Waals surface area contributed by atoms with E-state index in [1.807, 2.05) is 0 Å². The summed E-state index contributed by atoms with van der Waals surface area (Å²) in [7, 11) is -2.48. The van der Waals surface area contributed by atoms with Crippen LogP contribution in [0.5, 0.6) is 0 Å². The minimum Gasteiger partial charge on any atom is -0.458 e. The summed E-state index contributed by atoms with van der Waals surface area (Å²) in [4.78, 5) is 0. The van der Waals surface area contributed by atoms with Crippen molar-refractivity contribution in [2.45, 2.75) is 5.75 Å². The maximum absolute atomic E-state index is 11.3. The van der Waals surface area contributed by atoms with Crippen molar-refractivity contribution in [2.75, 3.05) is 7.11 Å². The van der Waals surface area contributed by atoms with Gasteiger partial charge in [0.25, 0.3) is 10.1 Å². The molecule has 92 valence electrons. The van der Waals surface area contributed by atoms with Crippen LogP contribution in [0.3, 0.4) is 0 Å². The fourth-order valence-electron chi connectivity index (χ4n) is 1.43. The molecule has 0 saturated carbocycles. The third-order valence-electron chi connectivity index (χ3n) is 2.16. The van der Waals surface area contributed by atoms with Crippen LogP contribution in [0.1, 0.15) is 5.76 Å². The molecule has 0 atom stereocenters. The molecule has 1 heterocycles. The number of hydrogen-bond donors (Lipinski definition) is 0. The first-order valence-corrected chi connectivity index (χ1v) is 7.32. The fraction of sp³-hybridized carbons (Fsp3) is 0.200. The third-order valence-corrected chi connectivity index (χ3v) is 4.04. The van der Waals surface area contributed by atoms with Gasteiger partial charge in [-0.05, 0) is 18.2 Å². The standard InChI is InChI=1S/C10H8BrClO4S/c1-15-17(13,14)5-8-3-6-2-7(11)4-9(12)10(6)16-8/h2-4H,5H2,1H3. The molecule has 7 heteroatoms. The van der Waals surface area contributed by atoms with Gasteiger partial charge in [-0.15, -0.1) is 0 Å². The average molecular weight is 340 g/mol. The Morgan fingerprint density at radius 3 is 2.76 bits per heavy atom. The Hall–Kier alpha value is -0.560. The van der Waals surface area contributed by atoms with Gasteiger partial charge in [0.2, 0.25) is 0 Å². The number of rotatable bonds is 3. The van der Waals surface area contributed by atoms with Crippen LogP contribution in [0.15, 0.2) is 27.1 Å². The zero-order chi connectivity index (χ0) is 12.6. The van der Waals surface area contributed by atoms with Gasteiger partial charge in [0.15, 0.2) is 5.58 Å². The van der Waals surface area contributed by atoms with Crippen LogP contribution in [0, 0.1) is 0 Å². The molecule has 1 aromatic heterocycles. The summed E-state index contributed by atoms with van der Waals surface area (Å²) >= 11 is 9.27. The lowest BCUT2D eigenvalue weighted by molar-refractivity contribution is 0.393. The van der Waals surface area contributed by atoms with Gasteiger partial charge in [0.1, 0.15) is 11.5 Å². The Morgan fingerprint density at radius 2 is 2.12 bits per heavy atom. The van der Waals surface area contributed by atoms with Crippen molar-refractivity contribution >= 4 is 48.6 Å². The van der Waals surface area contributed by atoms with Gasteiger partial charge in [-0.3, -0.25) is 4.18 Å². The number of furan rings is 1. The Kier molecular flexibility index (Phi) is 3.49. The van der Waals surface area contributed by atoms with E-state index >= 15 is 0 Å². The monoisotopic (exact) mass is 338 g/mol. The maximum atomic E-state index is 11.3. The van der Waals surface area contributed by atoms with Gasteiger partial charge >= 0.3 is 0 Å². The van der Waals surface area contributed by atoms with Crippen LogP contribution in [0.2, 0.25) is 5.02 Å². The van der Waals surface area contributed by atoms with E-state index in [0.29, 0.717) is 16.4 Å². The Labute approximate surface area is 112 Å². The molecule has 0 spiro atoms. The van der Waals surface area contributed by atoms with Crippen LogP contribution in [-0.4, -0.2) is 15.5 Å². The molecule has 0 N–H and O–H groups in total. The predicted octanol–water partition coefficient (Wildman–Crippen LogP) is 3.32. The van der Waals surface area contributed by atoms with Gasteiger partial charge in [-0.25, -0.2) is 0 Å². The van der Waals surface area contributed by atoms with Crippen molar-refractivity contribution in [1.29, 1.82) is 0 Å². The highest BCUT2D eigenvalue weighted by atomic mass is 79.9. The maximum Gasteiger partial charge on any atom is 0.274 e. The first-order chi connectivity index (χ1) is 7.91. The van der Waals surface area contributed by atoms with Crippen molar-refractivity contribution in [2.24, 2.45) is 0 Å². The molecule has 0 radical (unpaired) electrons. The third kappa shape index (κ3) is 2.82. The Bertz CT molecular complexity index is 662. The minimum atomic E-state index is -3.59. The first kappa shape index (κ1) is 12.9. The zero-order valence-electron chi connectivity index (χ0n) is 8.74. The summed E-state index contributed by atoms with van der Waals surface area (Å²) in [5, 5.41) is 1.17. The van der Waals surface area contributed by atoms with Crippen LogP contribution in [-0.2, 0) is 20.1 Å². The largest absolute Gasteiger partial charge is 0.458 e. The lowest BCUT2D eigenvalue weighted by Gasteiger charge is -1.96. The molecular weight excluding hydrogens is 332 g/mol. The lowest BCUT2D eigenvalue weighted by atomic mass is 10.2. The van der Waals surface area contributed by atoms with Gasteiger partial charge < -0.3 is 4.42 Å². The summed E-state index contributed by atoms with van der Waals surface area (Å²) < 4.78 is 33.1. The highest BCUT2D eigenvalue weighted by Crippen LogP contribution is 2.31. The predicted molar refractivity (Wildman–Crippen MR) is 68.6 cm³/mol. The molecule has 2 aromatic rings. The van der Waals surface area contributed by atoms with E-state index in [0.717, 1.165) is 17.0 Å². The van der Waals surface area contributed by atoms with Crippen LogP contribution in [0.25, 0.3) is 11.0 Å². The minimum absolute atomic E-state index is 0.293. The molecule has 4 nitrogen and oxygen atoms in total. The molecule has 0 aliphatic carbocycles. The molecule has 0 fully saturated rings. The van der Waals surface area contributed by atoms with E-state index in [2.05, 4.69) is 20.1 Å². The molecule has 1 aromatic carbocycles. The van der Waals surface area contributed by atoms with Crippen molar-refractivity contribution in [3.63, 3.8) is 0 Å². The molecule has 17 heavy (non-hydrogen) atoms. The van der Waals surface area contributed by atoms with Crippen LogP contribution >= 0.6 is 27.5 Å². The smallest absolute Gasteiger partial charge is 0.274 e. The van der Waals surface area contributed by atoms with Gasteiger partial charge in [0, 0.05) is 9.86 Å². The van der Waals surface area contributed by atoms with Crippen molar-refractivity contribution in [1.82, 2.24) is 0 Å². The van der Waals surface area contributed by atoms with E-state index < -0.39 is 10.1 Å². The lowest BCUT2D eigenvalue weighted by Crippen LogP contribution is -2.04. The van der Waals surface area contributed by atoms with E-state index in [4.69, 9.17) is 16.0 Å². The molecule has 2 rings (SSSR count). The van der Waals surface area contributed by atoms with Crippen molar-refractivity contribution in [3.8, 4) is 0 Å². The van der Waals surface area contributed by atoms with Crippen molar-refractivity contribution < 1.29 is 17.0 Å². The second kappa shape index (κ2) is 4.61. The quantitative estimate of drug-likeness (QED) is 0.805. The van der Waals surface area contributed by atoms with Gasteiger partial charge in [0.05, 0.1) is 12.1 Å². The SMILES string of the molecule is COS(=O)(=O)Cc1cc2cc(Br)cc(Cl)c2o1. The highest BCUT2D eigenvalue weighted by molar-refractivity contribution is 9.10. The van der Waals surface area contributed by atoms with E-state index in [1.54, 1.807) is 18.2 Å². The first-order valence-electron chi connectivity index (χ1n) is 4.57. The summed E-state index contributed by atoms with van der Waals surface area (Å²) in [5.74, 6) is -0.0200. The number of halogens is 2. The fourth-order valence-corrected chi connectivity index (χ4v) is 2.91. The van der Waals surface area contributed by atoms with E-state index in [1.165, 1.54) is 0 Å². The molecule has 0 unspecified atom stereocenters. The zero-order valence-corrected chi connectivity index (χ0v) is 11.9. The second-order valence-electron chi connectivity index (χ2n) is 3.39. The second-order valence-corrected chi connectivity index (χ2v) is 6.45. The van der Waals surface area contributed by atoms with Crippen LogP contribution in [0.4, 0.5) is 0 Å². The highest BCUT2D eigenvalue weighted by Gasteiger charge is 2.15. The Balaban J connectivity index is 2.49. The topological polar surface area (TPSA) is 56.5 Å².